The molecule has 3 saturated heterocycles. The average molecular weight is 661 g/mol. The number of rotatable bonds is 7. The number of nitrogens with zero attached hydrogens (tertiary/aromatic N) is 4. The summed E-state index contributed by atoms with van der Waals surface area (Å²) in [7, 11) is 0. The molecule has 0 spiro atoms. The van der Waals surface area contributed by atoms with Gasteiger partial charge in [0.15, 0.2) is 0 Å². The molecular weight excluding hydrogens is 621 g/mol. The van der Waals surface area contributed by atoms with Crippen LogP contribution in [-0.2, 0) is 28.6 Å². The van der Waals surface area contributed by atoms with E-state index >= 15 is 0 Å². The summed E-state index contributed by atoms with van der Waals surface area (Å²) in [6.07, 6.45) is -0.710. The van der Waals surface area contributed by atoms with E-state index in [0.29, 0.717) is 45.6 Å². The van der Waals surface area contributed by atoms with Crippen molar-refractivity contribution < 1.29 is 27.6 Å². The summed E-state index contributed by atoms with van der Waals surface area (Å²) in [5.74, 6) is -1.31. The van der Waals surface area contributed by atoms with Crippen molar-refractivity contribution in [2.45, 2.75) is 63.2 Å². The molecule has 6 rings (SSSR count). The van der Waals surface area contributed by atoms with Gasteiger partial charge < -0.3 is 25.8 Å². The molecule has 2 aromatic rings. The Bertz CT molecular complexity index is 1470. The maximum atomic E-state index is 13.8. The van der Waals surface area contributed by atoms with Crippen LogP contribution in [0.4, 0.5) is 29.3 Å². The molecule has 0 bridgehead atoms. The standard InChI is InChI=1S/C33H40ClF3N6O3/c34-27-17-21(16-26(30(27)38)33(35,36)37)15-23(31(45)42-19-25(20-42)40-10-3-4-11-40)18-29(44)41-12-8-24(9-13-41)43-14-7-22-5-1-2-6-28(22)39-32(43)46/h1-2,5-6,16-17,23-25H,3-4,7-15,18-20,38H2,(H,39,46)/t23-/m0/s1. The number of benzene rings is 2. The highest BCUT2D eigenvalue weighted by Gasteiger charge is 2.40. The number of nitrogens with two attached hydrogens (primary N) is 1. The number of hydrogen-bond donors (Lipinski definition) is 2. The number of amides is 4. The van der Waals surface area contributed by atoms with Crippen LogP contribution in [0.1, 0.15) is 48.8 Å². The van der Waals surface area contributed by atoms with Crippen molar-refractivity contribution in [1.29, 1.82) is 0 Å². The van der Waals surface area contributed by atoms with Gasteiger partial charge in [-0.1, -0.05) is 29.8 Å². The molecule has 13 heteroatoms. The van der Waals surface area contributed by atoms with Gasteiger partial charge in [0.25, 0.3) is 0 Å². The highest BCUT2D eigenvalue weighted by Crippen LogP contribution is 2.39. The Morgan fingerprint density at radius 2 is 1.67 bits per heavy atom. The van der Waals surface area contributed by atoms with Gasteiger partial charge in [-0.25, -0.2) is 4.79 Å². The van der Waals surface area contributed by atoms with Crippen LogP contribution < -0.4 is 11.1 Å². The van der Waals surface area contributed by atoms with Gasteiger partial charge in [0.1, 0.15) is 0 Å². The third-order valence-electron chi connectivity index (χ3n) is 9.98. The lowest BCUT2D eigenvalue weighted by molar-refractivity contribution is -0.147. The van der Waals surface area contributed by atoms with E-state index in [1.54, 1.807) is 9.80 Å². The molecule has 0 saturated carbocycles. The van der Waals surface area contributed by atoms with E-state index in [0.717, 1.165) is 49.7 Å². The summed E-state index contributed by atoms with van der Waals surface area (Å²) in [6, 6.07) is 10.1. The van der Waals surface area contributed by atoms with Crippen molar-refractivity contribution in [3.05, 3.63) is 58.1 Å². The Labute approximate surface area is 271 Å². The second kappa shape index (κ2) is 13.3. The van der Waals surface area contributed by atoms with Crippen molar-refractivity contribution in [3.8, 4) is 0 Å². The molecule has 0 aromatic heterocycles. The number of hydrogen-bond acceptors (Lipinski definition) is 5. The number of piperidine rings is 1. The van der Waals surface area contributed by atoms with Crippen LogP contribution in [-0.4, -0.2) is 95.3 Å². The molecule has 2 aromatic carbocycles. The zero-order chi connectivity index (χ0) is 32.6. The Morgan fingerprint density at radius 3 is 2.37 bits per heavy atom. The van der Waals surface area contributed by atoms with E-state index in [9.17, 15) is 27.6 Å². The molecule has 4 amide bonds. The minimum atomic E-state index is -4.71. The lowest BCUT2D eigenvalue weighted by Crippen LogP contribution is -2.61. The van der Waals surface area contributed by atoms with Gasteiger partial charge >= 0.3 is 12.2 Å². The molecule has 9 nitrogen and oxygen atoms in total. The molecule has 4 aliphatic rings. The van der Waals surface area contributed by atoms with Gasteiger partial charge in [-0.2, -0.15) is 13.2 Å². The summed E-state index contributed by atoms with van der Waals surface area (Å²) in [5.41, 5.74) is 6.15. The van der Waals surface area contributed by atoms with Gasteiger partial charge in [0.05, 0.1) is 22.2 Å². The van der Waals surface area contributed by atoms with Crippen LogP contribution in [0.3, 0.4) is 0 Å². The van der Waals surface area contributed by atoms with Gasteiger partial charge in [-0.3, -0.25) is 14.5 Å². The fraction of sp³-hybridized carbons (Fsp3) is 0.545. The summed E-state index contributed by atoms with van der Waals surface area (Å²) in [6.45, 7) is 4.53. The maximum Gasteiger partial charge on any atom is 0.418 e. The third kappa shape index (κ3) is 6.92. The normalized spacial score (nSPS) is 20.6. The largest absolute Gasteiger partial charge is 0.418 e. The fourth-order valence-corrected chi connectivity index (χ4v) is 7.54. The lowest BCUT2D eigenvalue weighted by atomic mass is 9.90. The topological polar surface area (TPSA) is 102 Å². The molecule has 4 aliphatic heterocycles. The molecule has 46 heavy (non-hydrogen) atoms. The molecule has 0 radical (unpaired) electrons. The van der Waals surface area contributed by atoms with E-state index < -0.39 is 23.3 Å². The number of nitrogen functional groups attached to an aromatic ring is 1. The zero-order valence-electron chi connectivity index (χ0n) is 25.7. The number of para-hydroxylation sites is 1. The Balaban J connectivity index is 1.12. The maximum absolute atomic E-state index is 13.8. The fourth-order valence-electron chi connectivity index (χ4n) is 7.29. The van der Waals surface area contributed by atoms with Gasteiger partial charge in [0.2, 0.25) is 11.8 Å². The number of likely N-dealkylation sites (tertiary alicyclic amines) is 3. The first-order valence-corrected chi connectivity index (χ1v) is 16.5. The van der Waals surface area contributed by atoms with Crippen LogP contribution in [0, 0.1) is 5.92 Å². The molecule has 3 N–H and O–H groups in total. The second-order valence-electron chi connectivity index (χ2n) is 12.9. The first kappa shape index (κ1) is 32.4. The highest BCUT2D eigenvalue weighted by atomic mass is 35.5. The summed E-state index contributed by atoms with van der Waals surface area (Å²) in [5, 5.41) is 2.77. The second-order valence-corrected chi connectivity index (χ2v) is 13.3. The number of halogens is 4. The van der Waals surface area contributed by atoms with Crippen LogP contribution in [0.2, 0.25) is 5.02 Å². The van der Waals surface area contributed by atoms with Crippen LogP contribution >= 0.6 is 11.6 Å². The highest BCUT2D eigenvalue weighted by molar-refractivity contribution is 6.33. The monoisotopic (exact) mass is 660 g/mol. The van der Waals surface area contributed by atoms with Crippen LogP contribution in [0.5, 0.6) is 0 Å². The number of alkyl halides is 3. The van der Waals surface area contributed by atoms with Crippen molar-refractivity contribution in [2.24, 2.45) is 5.92 Å². The van der Waals surface area contributed by atoms with Crippen LogP contribution in [0.15, 0.2) is 36.4 Å². The van der Waals surface area contributed by atoms with Crippen molar-refractivity contribution >= 4 is 40.8 Å². The number of carbonyl (C=O) groups is 3. The van der Waals surface area contributed by atoms with E-state index in [2.05, 4.69) is 10.2 Å². The van der Waals surface area contributed by atoms with Gasteiger partial charge in [0, 0.05) is 56.9 Å². The minimum Gasteiger partial charge on any atom is -0.397 e. The first-order valence-electron chi connectivity index (χ1n) is 16.1. The van der Waals surface area contributed by atoms with Gasteiger partial charge in [-0.15, -0.1) is 0 Å². The van der Waals surface area contributed by atoms with E-state index in [1.807, 2.05) is 29.2 Å². The van der Waals surface area contributed by atoms with E-state index in [4.69, 9.17) is 17.3 Å². The Kier molecular flexibility index (Phi) is 9.38. The average Bonchev–Trinajstić information content (AvgIpc) is 3.46. The Morgan fingerprint density at radius 1 is 0.978 bits per heavy atom. The molecule has 0 unspecified atom stereocenters. The van der Waals surface area contributed by atoms with Gasteiger partial charge in [-0.05, 0) is 80.9 Å². The summed E-state index contributed by atoms with van der Waals surface area (Å²) in [4.78, 5) is 48.1. The smallest absolute Gasteiger partial charge is 0.397 e. The summed E-state index contributed by atoms with van der Waals surface area (Å²) < 4.78 is 41.1. The SMILES string of the molecule is Nc1c(Cl)cc(C[C@@H](CC(=O)N2CCC(N3CCc4ccccc4NC3=O)CC2)C(=O)N2CC(N3CCCC3)C2)cc1C(F)(F)F. The predicted octanol–water partition coefficient (Wildman–Crippen LogP) is 4.88. The van der Waals surface area contributed by atoms with Crippen molar-refractivity contribution in [2.75, 3.05) is 56.9 Å². The zero-order valence-corrected chi connectivity index (χ0v) is 26.5. The molecule has 248 valence electrons. The lowest BCUT2D eigenvalue weighted by Gasteiger charge is -2.45. The molecule has 1 atom stereocenters. The molecule has 4 heterocycles. The minimum absolute atomic E-state index is 0.0305. The third-order valence-corrected chi connectivity index (χ3v) is 10.3. The molecule has 3 fully saturated rings. The van der Waals surface area contributed by atoms with E-state index in [-0.39, 0.29) is 53.4 Å². The predicted molar refractivity (Wildman–Crippen MR) is 169 cm³/mol. The van der Waals surface area contributed by atoms with Crippen molar-refractivity contribution in [3.63, 3.8) is 0 Å². The quantitative estimate of drug-likeness (QED) is 0.413. The number of nitrogens with one attached hydrogen (secondary N) is 1. The van der Waals surface area contributed by atoms with Crippen LogP contribution in [0.25, 0.3) is 0 Å². The van der Waals surface area contributed by atoms with E-state index in [1.165, 1.54) is 6.07 Å². The number of carbonyl (C=O) groups excluding carboxylic acids is 3. The van der Waals surface area contributed by atoms with Crippen molar-refractivity contribution in [1.82, 2.24) is 19.6 Å². The first-order chi connectivity index (χ1) is 22.0. The molecule has 0 aliphatic carbocycles. The summed E-state index contributed by atoms with van der Waals surface area (Å²) >= 11 is 6.10. The number of fused-ring (bicyclic) bond motifs is 1. The molecular formula is C33H40ClF3N6O3. The number of anilines is 2. The Hall–Kier alpha value is -3.51. The number of urea groups is 1.